The monoisotopic (exact) mass is 183 g/mol. The Bertz CT molecular complexity index is 329. The second-order valence-electron chi connectivity index (χ2n) is 2.53. The third kappa shape index (κ3) is 2.62. The van der Waals surface area contributed by atoms with Gasteiger partial charge in [-0.15, -0.1) is 0 Å². The molecule has 1 heterocycles. The molecule has 0 aliphatic carbocycles. The van der Waals surface area contributed by atoms with E-state index in [1.807, 2.05) is 0 Å². The van der Waals surface area contributed by atoms with E-state index in [0.717, 1.165) is 0 Å². The SMILES string of the molecule is CC(=O)NCc1coc(C(=O)O)c1. The maximum absolute atomic E-state index is 10.5. The van der Waals surface area contributed by atoms with Crippen LogP contribution >= 0.6 is 0 Å². The summed E-state index contributed by atoms with van der Waals surface area (Å²) in [7, 11) is 0. The average Bonchev–Trinajstić information content (AvgIpc) is 2.48. The molecule has 0 radical (unpaired) electrons. The standard InChI is InChI=1S/C8H9NO4/c1-5(10)9-3-6-2-7(8(11)12)13-4-6/h2,4H,3H2,1H3,(H,9,10)(H,11,12). The first-order chi connectivity index (χ1) is 6.09. The third-order valence-electron chi connectivity index (χ3n) is 1.41. The predicted octanol–water partition coefficient (Wildman–Crippen LogP) is 0.614. The van der Waals surface area contributed by atoms with Gasteiger partial charge in [-0.25, -0.2) is 4.79 Å². The van der Waals surface area contributed by atoms with Crippen LogP contribution in [-0.2, 0) is 11.3 Å². The van der Waals surface area contributed by atoms with E-state index in [1.54, 1.807) is 0 Å². The number of aromatic carboxylic acids is 1. The van der Waals surface area contributed by atoms with Crippen LogP contribution in [0.4, 0.5) is 0 Å². The zero-order chi connectivity index (χ0) is 9.84. The van der Waals surface area contributed by atoms with Gasteiger partial charge in [-0.3, -0.25) is 4.79 Å². The molecule has 0 aliphatic heterocycles. The van der Waals surface area contributed by atoms with E-state index in [1.165, 1.54) is 19.3 Å². The number of nitrogens with one attached hydrogen (secondary N) is 1. The minimum absolute atomic E-state index is 0.125. The molecule has 0 saturated carbocycles. The normalized spacial score (nSPS) is 9.62. The van der Waals surface area contributed by atoms with Gasteiger partial charge >= 0.3 is 5.97 Å². The molecule has 0 aromatic carbocycles. The zero-order valence-corrected chi connectivity index (χ0v) is 7.03. The van der Waals surface area contributed by atoms with Crippen molar-refractivity contribution in [1.29, 1.82) is 0 Å². The number of carboxylic acid groups (broad SMARTS) is 1. The van der Waals surface area contributed by atoms with Gasteiger partial charge in [-0.2, -0.15) is 0 Å². The summed E-state index contributed by atoms with van der Waals surface area (Å²) in [6.07, 6.45) is 1.30. The first-order valence-corrected chi connectivity index (χ1v) is 3.64. The van der Waals surface area contributed by atoms with Crippen molar-refractivity contribution in [1.82, 2.24) is 5.32 Å². The van der Waals surface area contributed by atoms with Gasteiger partial charge in [0.25, 0.3) is 0 Å². The largest absolute Gasteiger partial charge is 0.475 e. The van der Waals surface area contributed by atoms with Gasteiger partial charge in [-0.1, -0.05) is 0 Å². The molecule has 1 rings (SSSR count). The highest BCUT2D eigenvalue weighted by Gasteiger charge is 2.08. The Kier molecular flexibility index (Phi) is 2.69. The molecule has 0 unspecified atom stereocenters. The number of hydrogen-bond donors (Lipinski definition) is 2. The summed E-state index contributed by atoms with van der Waals surface area (Å²) < 4.78 is 4.71. The van der Waals surface area contributed by atoms with Gasteiger partial charge in [0.1, 0.15) is 0 Å². The highest BCUT2D eigenvalue weighted by molar-refractivity contribution is 5.84. The molecule has 5 heteroatoms. The minimum atomic E-state index is -1.12. The number of carbonyl (C=O) groups is 2. The third-order valence-corrected chi connectivity index (χ3v) is 1.41. The smallest absolute Gasteiger partial charge is 0.371 e. The molecular formula is C8H9NO4. The molecule has 5 nitrogen and oxygen atoms in total. The summed E-state index contributed by atoms with van der Waals surface area (Å²) in [6.45, 7) is 1.67. The molecule has 0 spiro atoms. The minimum Gasteiger partial charge on any atom is -0.475 e. The summed E-state index contributed by atoms with van der Waals surface area (Å²) in [5.41, 5.74) is 0.632. The molecular weight excluding hydrogens is 174 g/mol. The van der Waals surface area contributed by atoms with Gasteiger partial charge in [0.2, 0.25) is 11.7 Å². The molecule has 0 atom stereocenters. The lowest BCUT2D eigenvalue weighted by Gasteiger charge is -1.95. The predicted molar refractivity (Wildman–Crippen MR) is 43.2 cm³/mol. The molecule has 70 valence electrons. The van der Waals surface area contributed by atoms with Crippen molar-refractivity contribution in [2.24, 2.45) is 0 Å². The Balaban J connectivity index is 2.59. The van der Waals surface area contributed by atoms with E-state index in [4.69, 9.17) is 9.52 Å². The lowest BCUT2D eigenvalue weighted by molar-refractivity contribution is -0.119. The van der Waals surface area contributed by atoms with Crippen LogP contribution < -0.4 is 5.32 Å². The van der Waals surface area contributed by atoms with E-state index in [-0.39, 0.29) is 18.2 Å². The lowest BCUT2D eigenvalue weighted by atomic mass is 10.3. The molecule has 0 saturated heterocycles. The van der Waals surface area contributed by atoms with E-state index in [9.17, 15) is 9.59 Å². The van der Waals surface area contributed by atoms with Crippen molar-refractivity contribution in [2.45, 2.75) is 13.5 Å². The Hall–Kier alpha value is -1.78. The van der Waals surface area contributed by atoms with Crippen molar-refractivity contribution in [3.63, 3.8) is 0 Å². The summed E-state index contributed by atoms with van der Waals surface area (Å²) >= 11 is 0. The number of amides is 1. The summed E-state index contributed by atoms with van der Waals surface area (Å²) in [4.78, 5) is 20.9. The van der Waals surface area contributed by atoms with Crippen molar-refractivity contribution in [3.8, 4) is 0 Å². The number of furan rings is 1. The highest BCUT2D eigenvalue weighted by atomic mass is 16.4. The fraction of sp³-hybridized carbons (Fsp3) is 0.250. The van der Waals surface area contributed by atoms with Crippen LogP contribution in [0.15, 0.2) is 16.7 Å². The molecule has 0 fully saturated rings. The highest BCUT2D eigenvalue weighted by Crippen LogP contribution is 2.06. The summed E-state index contributed by atoms with van der Waals surface area (Å²) in [6, 6.07) is 1.37. The number of rotatable bonds is 3. The van der Waals surface area contributed by atoms with Crippen LogP contribution in [0.25, 0.3) is 0 Å². The number of carbonyl (C=O) groups excluding carboxylic acids is 1. The average molecular weight is 183 g/mol. The number of hydrogen-bond acceptors (Lipinski definition) is 3. The molecule has 1 aromatic rings. The summed E-state index contributed by atoms with van der Waals surface area (Å²) in [5, 5.41) is 11.0. The molecule has 0 bridgehead atoms. The number of carboxylic acids is 1. The van der Waals surface area contributed by atoms with E-state index in [0.29, 0.717) is 5.56 Å². The van der Waals surface area contributed by atoms with Crippen LogP contribution in [-0.4, -0.2) is 17.0 Å². The maximum Gasteiger partial charge on any atom is 0.371 e. The van der Waals surface area contributed by atoms with Gasteiger partial charge in [-0.05, 0) is 6.07 Å². The van der Waals surface area contributed by atoms with Crippen molar-refractivity contribution < 1.29 is 19.1 Å². The van der Waals surface area contributed by atoms with Gasteiger partial charge in [0.15, 0.2) is 0 Å². The zero-order valence-electron chi connectivity index (χ0n) is 7.03. The molecule has 2 N–H and O–H groups in total. The maximum atomic E-state index is 10.5. The Labute approximate surface area is 74.4 Å². The van der Waals surface area contributed by atoms with Crippen LogP contribution in [0.5, 0.6) is 0 Å². The van der Waals surface area contributed by atoms with E-state index in [2.05, 4.69) is 5.32 Å². The molecule has 13 heavy (non-hydrogen) atoms. The Morgan fingerprint density at radius 1 is 1.62 bits per heavy atom. The lowest BCUT2D eigenvalue weighted by Crippen LogP contribution is -2.18. The second kappa shape index (κ2) is 3.75. The topological polar surface area (TPSA) is 79.5 Å². The first kappa shape index (κ1) is 9.31. The van der Waals surface area contributed by atoms with Crippen molar-refractivity contribution in [2.75, 3.05) is 0 Å². The second-order valence-corrected chi connectivity index (χ2v) is 2.53. The Morgan fingerprint density at radius 3 is 2.77 bits per heavy atom. The van der Waals surface area contributed by atoms with Crippen LogP contribution in [0, 0.1) is 0 Å². The fourth-order valence-corrected chi connectivity index (χ4v) is 0.807. The van der Waals surface area contributed by atoms with Gasteiger partial charge < -0.3 is 14.8 Å². The Morgan fingerprint density at radius 2 is 2.31 bits per heavy atom. The van der Waals surface area contributed by atoms with E-state index < -0.39 is 5.97 Å². The van der Waals surface area contributed by atoms with Crippen molar-refractivity contribution >= 4 is 11.9 Å². The van der Waals surface area contributed by atoms with Crippen molar-refractivity contribution in [3.05, 3.63) is 23.7 Å². The van der Waals surface area contributed by atoms with E-state index >= 15 is 0 Å². The molecule has 1 amide bonds. The van der Waals surface area contributed by atoms with Crippen LogP contribution in [0.1, 0.15) is 23.0 Å². The van der Waals surface area contributed by atoms with Gasteiger partial charge in [0.05, 0.1) is 6.26 Å². The first-order valence-electron chi connectivity index (χ1n) is 3.64. The molecule has 1 aromatic heterocycles. The van der Waals surface area contributed by atoms with Crippen LogP contribution in [0.3, 0.4) is 0 Å². The van der Waals surface area contributed by atoms with Gasteiger partial charge in [0, 0.05) is 19.0 Å². The quantitative estimate of drug-likeness (QED) is 0.719. The van der Waals surface area contributed by atoms with Crippen LogP contribution in [0.2, 0.25) is 0 Å². The summed E-state index contributed by atoms with van der Waals surface area (Å²) in [5.74, 6) is -1.41. The fourth-order valence-electron chi connectivity index (χ4n) is 0.807. The molecule has 0 aliphatic rings.